The summed E-state index contributed by atoms with van der Waals surface area (Å²) < 4.78 is 0. The van der Waals surface area contributed by atoms with Crippen molar-refractivity contribution in [1.29, 1.82) is 0 Å². The number of thiophene rings is 1. The lowest BCUT2D eigenvalue weighted by Gasteiger charge is -2.28. The number of piperidine rings is 1. The third kappa shape index (κ3) is 3.84. The molecule has 2 N–H and O–H groups in total. The smallest absolute Gasteiger partial charge is 0.254 e. The highest BCUT2D eigenvalue weighted by molar-refractivity contribution is 7.10. The van der Waals surface area contributed by atoms with Crippen molar-refractivity contribution in [1.82, 2.24) is 10.2 Å². The Morgan fingerprint density at radius 1 is 1.29 bits per heavy atom. The predicted molar refractivity (Wildman–Crippen MR) is 113 cm³/mol. The summed E-state index contributed by atoms with van der Waals surface area (Å²) in [6.45, 7) is 6.32. The molecule has 1 aromatic carbocycles. The Hall–Kier alpha value is -2.18. The molecule has 4 rings (SSSR count). The average molecular weight is 398 g/mol. The highest BCUT2D eigenvalue weighted by Gasteiger charge is 2.27. The summed E-state index contributed by atoms with van der Waals surface area (Å²) in [5.41, 5.74) is 3.52. The van der Waals surface area contributed by atoms with Crippen LogP contribution < -0.4 is 10.6 Å². The summed E-state index contributed by atoms with van der Waals surface area (Å²) in [6.07, 6.45) is 2.62. The Morgan fingerprint density at radius 2 is 2.14 bits per heavy atom. The van der Waals surface area contributed by atoms with Gasteiger partial charge in [-0.1, -0.05) is 6.07 Å². The van der Waals surface area contributed by atoms with Crippen LogP contribution in [-0.4, -0.2) is 35.8 Å². The van der Waals surface area contributed by atoms with E-state index in [0.29, 0.717) is 18.2 Å². The fourth-order valence-corrected chi connectivity index (χ4v) is 5.09. The summed E-state index contributed by atoms with van der Waals surface area (Å²) in [5, 5.41) is 8.55. The van der Waals surface area contributed by atoms with Crippen molar-refractivity contribution in [3.05, 3.63) is 51.2 Å². The molecule has 1 aromatic heterocycles. The molecule has 0 aliphatic carbocycles. The van der Waals surface area contributed by atoms with Crippen molar-refractivity contribution in [2.24, 2.45) is 5.92 Å². The van der Waals surface area contributed by atoms with E-state index in [1.165, 1.54) is 10.4 Å². The third-order valence-electron chi connectivity index (χ3n) is 5.91. The molecule has 5 nitrogen and oxygen atoms in total. The molecule has 6 heteroatoms. The maximum atomic E-state index is 13.1. The average Bonchev–Trinajstić information content (AvgIpc) is 3.17. The molecule has 3 heterocycles. The second kappa shape index (κ2) is 8.05. The largest absolute Gasteiger partial charge is 0.334 e. The highest BCUT2D eigenvalue weighted by Crippen LogP contribution is 2.27. The van der Waals surface area contributed by atoms with Gasteiger partial charge in [-0.05, 0) is 74.4 Å². The van der Waals surface area contributed by atoms with Gasteiger partial charge in [-0.25, -0.2) is 0 Å². The zero-order valence-corrected chi connectivity index (χ0v) is 17.3. The Balaban J connectivity index is 1.49. The van der Waals surface area contributed by atoms with Gasteiger partial charge in [-0.15, -0.1) is 11.3 Å². The minimum Gasteiger partial charge on any atom is -0.334 e. The van der Waals surface area contributed by atoms with Crippen LogP contribution in [0.4, 0.5) is 5.69 Å². The van der Waals surface area contributed by atoms with Crippen LogP contribution in [0.15, 0.2) is 29.6 Å². The molecule has 2 atom stereocenters. The molecule has 0 radical (unpaired) electrons. The maximum Gasteiger partial charge on any atom is 0.254 e. The molecule has 2 aliphatic heterocycles. The quantitative estimate of drug-likeness (QED) is 0.832. The lowest BCUT2D eigenvalue weighted by Crippen LogP contribution is -2.40. The molecule has 2 aromatic rings. The van der Waals surface area contributed by atoms with Crippen LogP contribution in [0.5, 0.6) is 0 Å². The number of nitrogens with one attached hydrogen (secondary N) is 2. The van der Waals surface area contributed by atoms with E-state index < -0.39 is 0 Å². The number of amides is 2. The SMILES string of the molecule is Cc1c(NC(=O)[C@H]2CCN[C@@H](C)C2)cccc1C(=O)N1CCc2sccc2C1. The number of anilines is 1. The summed E-state index contributed by atoms with van der Waals surface area (Å²) in [6, 6.07) is 8.09. The van der Waals surface area contributed by atoms with Gasteiger partial charge in [0.25, 0.3) is 5.91 Å². The highest BCUT2D eigenvalue weighted by atomic mass is 32.1. The minimum absolute atomic E-state index is 0.0223. The Morgan fingerprint density at radius 3 is 2.96 bits per heavy atom. The lowest BCUT2D eigenvalue weighted by atomic mass is 9.92. The van der Waals surface area contributed by atoms with Gasteiger partial charge in [0.05, 0.1) is 0 Å². The molecular formula is C22H27N3O2S. The number of carbonyl (C=O) groups excluding carboxylic acids is 2. The second-order valence-corrected chi connectivity index (χ2v) is 8.89. The molecule has 28 heavy (non-hydrogen) atoms. The summed E-state index contributed by atoms with van der Waals surface area (Å²) >= 11 is 1.77. The number of hydrogen-bond acceptors (Lipinski definition) is 4. The molecule has 148 valence electrons. The number of nitrogens with zero attached hydrogens (tertiary/aromatic N) is 1. The van der Waals surface area contributed by atoms with E-state index in [1.807, 2.05) is 30.0 Å². The van der Waals surface area contributed by atoms with Gasteiger partial charge < -0.3 is 15.5 Å². The van der Waals surface area contributed by atoms with E-state index in [0.717, 1.165) is 43.6 Å². The van der Waals surface area contributed by atoms with Crippen LogP contribution in [0.1, 0.15) is 46.1 Å². The maximum absolute atomic E-state index is 13.1. The van der Waals surface area contributed by atoms with Gasteiger partial charge in [0.15, 0.2) is 0 Å². The second-order valence-electron chi connectivity index (χ2n) is 7.89. The molecule has 0 unspecified atom stereocenters. The van der Waals surface area contributed by atoms with Crippen molar-refractivity contribution in [2.75, 3.05) is 18.4 Å². The van der Waals surface area contributed by atoms with E-state index >= 15 is 0 Å². The van der Waals surface area contributed by atoms with Gasteiger partial charge in [0.2, 0.25) is 5.91 Å². The number of fused-ring (bicyclic) bond motifs is 1. The van der Waals surface area contributed by atoms with Crippen molar-refractivity contribution in [2.45, 2.75) is 45.7 Å². The van der Waals surface area contributed by atoms with Gasteiger partial charge >= 0.3 is 0 Å². The third-order valence-corrected chi connectivity index (χ3v) is 6.93. The molecule has 0 bridgehead atoms. The molecule has 2 amide bonds. The van der Waals surface area contributed by atoms with Crippen LogP contribution in [0.3, 0.4) is 0 Å². The van der Waals surface area contributed by atoms with Gasteiger partial charge in [-0.3, -0.25) is 9.59 Å². The monoisotopic (exact) mass is 397 g/mol. The zero-order chi connectivity index (χ0) is 19.7. The first-order valence-electron chi connectivity index (χ1n) is 10.0. The normalized spacial score (nSPS) is 21.9. The fraction of sp³-hybridized carbons (Fsp3) is 0.455. The Labute approximate surface area is 170 Å². The molecule has 2 aliphatic rings. The van der Waals surface area contributed by atoms with Crippen molar-refractivity contribution < 1.29 is 9.59 Å². The van der Waals surface area contributed by atoms with Crippen molar-refractivity contribution in [3.63, 3.8) is 0 Å². The van der Waals surface area contributed by atoms with Crippen molar-refractivity contribution >= 4 is 28.8 Å². The van der Waals surface area contributed by atoms with Crippen LogP contribution in [0, 0.1) is 12.8 Å². The van der Waals surface area contributed by atoms with E-state index in [9.17, 15) is 9.59 Å². The fourth-order valence-electron chi connectivity index (χ4n) is 4.20. The number of hydrogen-bond donors (Lipinski definition) is 2. The van der Waals surface area contributed by atoms with Crippen LogP contribution >= 0.6 is 11.3 Å². The molecule has 0 saturated carbocycles. The first-order valence-corrected chi connectivity index (χ1v) is 10.9. The molecule has 0 spiro atoms. The summed E-state index contributed by atoms with van der Waals surface area (Å²) in [4.78, 5) is 29.2. The zero-order valence-electron chi connectivity index (χ0n) is 16.5. The van der Waals surface area contributed by atoms with Gasteiger partial charge in [0.1, 0.15) is 0 Å². The van der Waals surface area contributed by atoms with E-state index in [2.05, 4.69) is 29.0 Å². The number of carbonyl (C=O) groups is 2. The van der Waals surface area contributed by atoms with Gasteiger partial charge in [-0.2, -0.15) is 0 Å². The summed E-state index contributed by atoms with van der Waals surface area (Å²) in [5.74, 6) is 0.122. The van der Waals surface area contributed by atoms with Crippen molar-refractivity contribution in [3.8, 4) is 0 Å². The molecule has 1 fully saturated rings. The van der Waals surface area contributed by atoms with Crippen LogP contribution in [0.2, 0.25) is 0 Å². The summed E-state index contributed by atoms with van der Waals surface area (Å²) in [7, 11) is 0. The first-order chi connectivity index (χ1) is 13.5. The van der Waals surface area contributed by atoms with E-state index in [4.69, 9.17) is 0 Å². The minimum atomic E-state index is 0.0223. The van der Waals surface area contributed by atoms with Gasteiger partial charge in [0, 0.05) is 41.2 Å². The number of benzene rings is 1. The van der Waals surface area contributed by atoms with E-state index in [1.54, 1.807) is 11.3 Å². The number of rotatable bonds is 3. The Kier molecular flexibility index (Phi) is 5.51. The van der Waals surface area contributed by atoms with E-state index in [-0.39, 0.29) is 17.7 Å². The van der Waals surface area contributed by atoms with Crippen LogP contribution in [-0.2, 0) is 17.8 Å². The Bertz CT molecular complexity index is 892. The molecule has 1 saturated heterocycles. The standard InChI is InChI=1S/C22H27N3O2S/c1-14-12-16(6-9-23-14)21(26)24-19-5-3-4-18(15(19)2)22(27)25-10-7-20-17(13-25)8-11-28-20/h3-5,8,11,14,16,23H,6-7,9-10,12-13H2,1-2H3,(H,24,26)/t14-,16-/m0/s1. The molecular weight excluding hydrogens is 370 g/mol. The van der Waals surface area contributed by atoms with Crippen LogP contribution in [0.25, 0.3) is 0 Å². The first kappa shape index (κ1) is 19.2. The topological polar surface area (TPSA) is 61.4 Å². The lowest BCUT2D eigenvalue weighted by molar-refractivity contribution is -0.120. The predicted octanol–water partition coefficient (Wildman–Crippen LogP) is 3.58.